The van der Waals surface area contributed by atoms with Gasteiger partial charge in [0.1, 0.15) is 11.8 Å². The standard InChI is InChI=1S/C21H33N3O5S/c1-15(2)20(24-30(27,28)18-11-9-17(29-3)10-12-18)21(26)22-14-13-19(25)23-16-7-5-4-6-8-16/h9-12,15-16,20,24H,4-8,13-14H2,1-3H3,(H,22,26)(H,23,25)/t20-/m0/s1. The zero-order chi connectivity index (χ0) is 22.1. The first kappa shape index (κ1) is 24.1. The molecule has 1 aromatic rings. The van der Waals surface area contributed by atoms with Gasteiger partial charge in [-0.25, -0.2) is 8.42 Å². The maximum absolute atomic E-state index is 12.7. The van der Waals surface area contributed by atoms with E-state index >= 15 is 0 Å². The molecular formula is C21H33N3O5S. The van der Waals surface area contributed by atoms with E-state index in [1.807, 2.05) is 0 Å². The van der Waals surface area contributed by atoms with Crippen LogP contribution in [0.2, 0.25) is 0 Å². The lowest BCUT2D eigenvalue weighted by Gasteiger charge is -2.23. The second-order valence-electron chi connectivity index (χ2n) is 7.96. The van der Waals surface area contributed by atoms with E-state index in [4.69, 9.17) is 4.74 Å². The van der Waals surface area contributed by atoms with E-state index in [0.717, 1.165) is 25.7 Å². The molecule has 8 nitrogen and oxygen atoms in total. The predicted octanol–water partition coefficient (Wildman–Crippen LogP) is 1.95. The Morgan fingerprint density at radius 2 is 1.73 bits per heavy atom. The highest BCUT2D eigenvalue weighted by Gasteiger charge is 2.28. The first-order valence-corrected chi connectivity index (χ1v) is 11.9. The Bertz CT molecular complexity index is 802. The zero-order valence-electron chi connectivity index (χ0n) is 17.9. The Morgan fingerprint density at radius 1 is 1.10 bits per heavy atom. The highest BCUT2D eigenvalue weighted by atomic mass is 32.2. The van der Waals surface area contributed by atoms with Crippen LogP contribution < -0.4 is 20.1 Å². The summed E-state index contributed by atoms with van der Waals surface area (Å²) < 4.78 is 32.8. The van der Waals surface area contributed by atoms with Crippen molar-refractivity contribution in [3.63, 3.8) is 0 Å². The van der Waals surface area contributed by atoms with Crippen LogP contribution in [0, 0.1) is 5.92 Å². The number of nitrogens with one attached hydrogen (secondary N) is 3. The normalized spacial score (nSPS) is 16.1. The molecule has 168 valence electrons. The van der Waals surface area contributed by atoms with Crippen molar-refractivity contribution in [1.82, 2.24) is 15.4 Å². The van der Waals surface area contributed by atoms with Gasteiger partial charge in [0.05, 0.1) is 12.0 Å². The minimum atomic E-state index is -3.88. The summed E-state index contributed by atoms with van der Waals surface area (Å²) in [5.74, 6) is -0.276. The van der Waals surface area contributed by atoms with Crippen molar-refractivity contribution < 1.29 is 22.7 Å². The van der Waals surface area contributed by atoms with E-state index in [9.17, 15) is 18.0 Å². The van der Waals surface area contributed by atoms with Crippen molar-refractivity contribution in [3.05, 3.63) is 24.3 Å². The molecule has 30 heavy (non-hydrogen) atoms. The van der Waals surface area contributed by atoms with Crippen molar-refractivity contribution in [2.24, 2.45) is 5.92 Å². The largest absolute Gasteiger partial charge is 0.497 e. The molecule has 0 heterocycles. The lowest BCUT2D eigenvalue weighted by atomic mass is 9.95. The van der Waals surface area contributed by atoms with E-state index in [-0.39, 0.29) is 35.7 Å². The zero-order valence-corrected chi connectivity index (χ0v) is 18.8. The van der Waals surface area contributed by atoms with E-state index in [2.05, 4.69) is 15.4 Å². The third kappa shape index (κ3) is 7.28. The fourth-order valence-corrected chi connectivity index (χ4v) is 4.78. The Balaban J connectivity index is 1.88. The van der Waals surface area contributed by atoms with Crippen LogP contribution >= 0.6 is 0 Å². The topological polar surface area (TPSA) is 114 Å². The number of methoxy groups -OCH3 is 1. The van der Waals surface area contributed by atoms with Gasteiger partial charge in [0.25, 0.3) is 0 Å². The average Bonchev–Trinajstić information content (AvgIpc) is 2.72. The van der Waals surface area contributed by atoms with Crippen LogP contribution in [0.25, 0.3) is 0 Å². The lowest BCUT2D eigenvalue weighted by Crippen LogP contribution is -2.50. The van der Waals surface area contributed by atoms with Gasteiger partial charge < -0.3 is 15.4 Å². The highest BCUT2D eigenvalue weighted by molar-refractivity contribution is 7.89. The second-order valence-corrected chi connectivity index (χ2v) is 9.68. The van der Waals surface area contributed by atoms with Crippen LogP contribution in [0.3, 0.4) is 0 Å². The monoisotopic (exact) mass is 439 g/mol. The maximum atomic E-state index is 12.7. The fraction of sp³-hybridized carbons (Fsp3) is 0.619. The van der Waals surface area contributed by atoms with Crippen LogP contribution in [-0.4, -0.2) is 46.0 Å². The van der Waals surface area contributed by atoms with Crippen molar-refractivity contribution in [1.29, 1.82) is 0 Å². The van der Waals surface area contributed by atoms with Gasteiger partial charge in [-0.15, -0.1) is 0 Å². The van der Waals surface area contributed by atoms with Gasteiger partial charge in [-0.2, -0.15) is 4.72 Å². The van der Waals surface area contributed by atoms with Crippen molar-refractivity contribution in [3.8, 4) is 5.75 Å². The van der Waals surface area contributed by atoms with E-state index in [1.54, 1.807) is 26.0 Å². The second kappa shape index (κ2) is 11.3. The Hall–Kier alpha value is -2.13. The van der Waals surface area contributed by atoms with Gasteiger partial charge in [-0.3, -0.25) is 9.59 Å². The molecule has 2 amide bonds. The van der Waals surface area contributed by atoms with E-state index in [1.165, 1.54) is 25.7 Å². The number of hydrogen-bond acceptors (Lipinski definition) is 5. The maximum Gasteiger partial charge on any atom is 0.241 e. The fourth-order valence-electron chi connectivity index (χ4n) is 3.44. The van der Waals surface area contributed by atoms with Crippen molar-refractivity contribution >= 4 is 21.8 Å². The number of hydrogen-bond donors (Lipinski definition) is 3. The summed E-state index contributed by atoms with van der Waals surface area (Å²) in [6, 6.07) is 5.21. The minimum Gasteiger partial charge on any atom is -0.497 e. The molecule has 0 radical (unpaired) electrons. The number of rotatable bonds is 10. The van der Waals surface area contributed by atoms with Crippen LogP contribution in [0.15, 0.2) is 29.2 Å². The number of amides is 2. The van der Waals surface area contributed by atoms with Crippen LogP contribution in [0.5, 0.6) is 5.75 Å². The Labute approximate surface area is 179 Å². The van der Waals surface area contributed by atoms with E-state index in [0.29, 0.717) is 5.75 Å². The van der Waals surface area contributed by atoms with Gasteiger partial charge in [0, 0.05) is 19.0 Å². The highest BCUT2D eigenvalue weighted by Crippen LogP contribution is 2.18. The first-order valence-electron chi connectivity index (χ1n) is 10.5. The quantitative estimate of drug-likeness (QED) is 0.516. The van der Waals surface area contributed by atoms with Gasteiger partial charge in [-0.05, 0) is 43.0 Å². The molecular weight excluding hydrogens is 406 g/mol. The molecule has 0 saturated heterocycles. The molecule has 1 aliphatic carbocycles. The predicted molar refractivity (Wildman–Crippen MR) is 115 cm³/mol. The molecule has 0 bridgehead atoms. The number of sulfonamides is 1. The summed E-state index contributed by atoms with van der Waals surface area (Å²) in [4.78, 5) is 24.7. The summed E-state index contributed by atoms with van der Waals surface area (Å²) in [6.45, 7) is 3.68. The third-order valence-electron chi connectivity index (χ3n) is 5.22. The van der Waals surface area contributed by atoms with Crippen LogP contribution in [0.1, 0.15) is 52.4 Å². The minimum absolute atomic E-state index is 0.0496. The van der Waals surface area contributed by atoms with Crippen LogP contribution in [0.4, 0.5) is 0 Å². The van der Waals surface area contributed by atoms with Gasteiger partial charge >= 0.3 is 0 Å². The number of ether oxygens (including phenoxy) is 1. The van der Waals surface area contributed by atoms with Gasteiger partial charge in [0.2, 0.25) is 21.8 Å². The Kier molecular flexibility index (Phi) is 9.10. The molecule has 2 rings (SSSR count). The number of carbonyl (C=O) groups is 2. The van der Waals surface area contributed by atoms with Crippen LogP contribution in [-0.2, 0) is 19.6 Å². The summed E-state index contributed by atoms with van der Waals surface area (Å²) in [5, 5.41) is 5.68. The molecule has 1 saturated carbocycles. The van der Waals surface area contributed by atoms with Crippen molar-refractivity contribution in [2.75, 3.05) is 13.7 Å². The molecule has 0 aliphatic heterocycles. The molecule has 0 unspecified atom stereocenters. The first-order chi connectivity index (χ1) is 14.2. The Morgan fingerprint density at radius 3 is 2.30 bits per heavy atom. The lowest BCUT2D eigenvalue weighted by molar-refractivity contribution is -0.124. The summed E-state index contributed by atoms with van der Waals surface area (Å²) >= 11 is 0. The number of carbonyl (C=O) groups excluding carboxylic acids is 2. The number of benzene rings is 1. The average molecular weight is 440 g/mol. The smallest absolute Gasteiger partial charge is 0.241 e. The third-order valence-corrected chi connectivity index (χ3v) is 6.68. The molecule has 1 fully saturated rings. The van der Waals surface area contributed by atoms with Crippen molar-refractivity contribution in [2.45, 2.75) is 69.4 Å². The molecule has 9 heteroatoms. The summed E-state index contributed by atoms with van der Waals surface area (Å²) in [5.41, 5.74) is 0. The summed E-state index contributed by atoms with van der Waals surface area (Å²) in [7, 11) is -2.38. The molecule has 1 aromatic carbocycles. The summed E-state index contributed by atoms with van der Waals surface area (Å²) in [6.07, 6.45) is 5.64. The molecule has 0 aromatic heterocycles. The molecule has 3 N–H and O–H groups in total. The van der Waals surface area contributed by atoms with Gasteiger partial charge in [0.15, 0.2) is 0 Å². The molecule has 0 spiro atoms. The van der Waals surface area contributed by atoms with Gasteiger partial charge in [-0.1, -0.05) is 33.1 Å². The SMILES string of the molecule is COc1ccc(S(=O)(=O)N[C@H](C(=O)NCCC(=O)NC2CCCCC2)C(C)C)cc1. The van der Waals surface area contributed by atoms with E-state index < -0.39 is 22.0 Å². The molecule has 1 atom stereocenters. The molecule has 1 aliphatic rings.